The Morgan fingerprint density at radius 3 is 3.10 bits per heavy atom. The average Bonchev–Trinajstić information content (AvgIpc) is 2.87. The molecule has 0 saturated carbocycles. The Labute approximate surface area is 120 Å². The molecule has 1 atom stereocenters. The molecule has 106 valence electrons. The van der Waals surface area contributed by atoms with Crippen molar-refractivity contribution in [3.05, 3.63) is 40.2 Å². The maximum Gasteiger partial charge on any atom is 0.189 e. The van der Waals surface area contributed by atoms with E-state index in [1.54, 1.807) is 17.8 Å². The molecule has 0 amide bonds. The summed E-state index contributed by atoms with van der Waals surface area (Å²) in [6.07, 6.45) is 1.07. The van der Waals surface area contributed by atoms with Gasteiger partial charge in [-0.15, -0.1) is 5.10 Å². The lowest BCUT2D eigenvalue weighted by Crippen LogP contribution is -2.14. The van der Waals surface area contributed by atoms with Crippen molar-refractivity contribution in [1.29, 1.82) is 0 Å². The fraction of sp³-hybridized carbons (Fsp3) is 0.385. The molecule has 0 fully saturated rings. The van der Waals surface area contributed by atoms with Gasteiger partial charge in [-0.25, -0.2) is 4.68 Å². The Morgan fingerprint density at radius 2 is 2.35 bits per heavy atom. The molecule has 1 aliphatic heterocycles. The molecule has 0 aliphatic carbocycles. The van der Waals surface area contributed by atoms with Crippen LogP contribution in [-0.2, 0) is 17.9 Å². The quantitative estimate of drug-likeness (QED) is 0.936. The maximum atomic E-state index is 9.46. The van der Waals surface area contributed by atoms with Crippen LogP contribution in [0.25, 0.3) is 0 Å². The Hall–Kier alpha value is -1.63. The van der Waals surface area contributed by atoms with Crippen LogP contribution in [0.2, 0.25) is 5.02 Å². The molecule has 3 rings (SSSR count). The van der Waals surface area contributed by atoms with Crippen molar-refractivity contribution < 1.29 is 14.6 Å². The van der Waals surface area contributed by atoms with E-state index in [4.69, 9.17) is 21.1 Å². The van der Waals surface area contributed by atoms with Gasteiger partial charge >= 0.3 is 0 Å². The van der Waals surface area contributed by atoms with E-state index in [2.05, 4.69) is 10.3 Å². The fourth-order valence-electron chi connectivity index (χ4n) is 2.13. The summed E-state index contributed by atoms with van der Waals surface area (Å²) in [6.45, 7) is 2.84. The third kappa shape index (κ3) is 2.63. The summed E-state index contributed by atoms with van der Waals surface area (Å²) in [7, 11) is 0. The summed E-state index contributed by atoms with van der Waals surface area (Å²) in [4.78, 5) is 0. The molecule has 0 radical (unpaired) electrons. The molecule has 6 nitrogen and oxygen atoms in total. The SMILES string of the molecule is CC(O)c1cn(Cc2cc(Cl)cc3c2OCOC3)nn1. The summed E-state index contributed by atoms with van der Waals surface area (Å²) in [6, 6.07) is 3.68. The second-order valence-electron chi connectivity index (χ2n) is 4.68. The van der Waals surface area contributed by atoms with Crippen molar-refractivity contribution in [2.75, 3.05) is 6.79 Å². The largest absolute Gasteiger partial charge is 0.467 e. The predicted octanol–water partition coefficient (Wildman–Crippen LogP) is 1.90. The van der Waals surface area contributed by atoms with Crippen molar-refractivity contribution in [3.63, 3.8) is 0 Å². The summed E-state index contributed by atoms with van der Waals surface area (Å²) >= 11 is 6.11. The molecular weight excluding hydrogens is 282 g/mol. The smallest absolute Gasteiger partial charge is 0.189 e. The van der Waals surface area contributed by atoms with E-state index in [1.807, 2.05) is 12.1 Å². The molecule has 1 aromatic heterocycles. The highest BCUT2D eigenvalue weighted by Crippen LogP contribution is 2.32. The van der Waals surface area contributed by atoms with Crippen LogP contribution in [0.1, 0.15) is 29.8 Å². The number of benzene rings is 1. The van der Waals surface area contributed by atoms with Gasteiger partial charge in [0.2, 0.25) is 0 Å². The van der Waals surface area contributed by atoms with Gasteiger partial charge in [0, 0.05) is 16.1 Å². The number of ether oxygens (including phenoxy) is 2. The van der Waals surface area contributed by atoms with Crippen LogP contribution >= 0.6 is 11.6 Å². The molecular formula is C13H14ClN3O3. The highest BCUT2D eigenvalue weighted by Gasteiger charge is 2.17. The van der Waals surface area contributed by atoms with Gasteiger partial charge in [0.05, 0.1) is 25.5 Å². The van der Waals surface area contributed by atoms with Crippen LogP contribution in [0.15, 0.2) is 18.3 Å². The van der Waals surface area contributed by atoms with E-state index in [9.17, 15) is 5.11 Å². The number of rotatable bonds is 3. The molecule has 2 aromatic rings. The lowest BCUT2D eigenvalue weighted by molar-refractivity contribution is -0.0171. The molecule has 0 saturated heterocycles. The topological polar surface area (TPSA) is 69.4 Å². The number of aliphatic hydroxyl groups is 1. The number of hydrogen-bond donors (Lipinski definition) is 1. The molecule has 0 spiro atoms. The summed E-state index contributed by atoms with van der Waals surface area (Å²) in [5.74, 6) is 0.787. The molecule has 1 N–H and O–H groups in total. The lowest BCUT2D eigenvalue weighted by Gasteiger charge is -2.21. The molecule has 1 aromatic carbocycles. The first-order valence-electron chi connectivity index (χ1n) is 6.23. The van der Waals surface area contributed by atoms with Crippen LogP contribution in [0.4, 0.5) is 0 Å². The van der Waals surface area contributed by atoms with E-state index in [0.717, 1.165) is 16.9 Å². The van der Waals surface area contributed by atoms with Gasteiger partial charge in [0.25, 0.3) is 0 Å². The number of aromatic nitrogens is 3. The number of fused-ring (bicyclic) bond motifs is 1. The van der Waals surface area contributed by atoms with Crippen LogP contribution in [0.3, 0.4) is 0 Å². The van der Waals surface area contributed by atoms with Gasteiger partial charge in [-0.2, -0.15) is 0 Å². The highest BCUT2D eigenvalue weighted by atomic mass is 35.5. The Morgan fingerprint density at radius 1 is 1.50 bits per heavy atom. The minimum atomic E-state index is -0.637. The van der Waals surface area contributed by atoms with Crippen LogP contribution in [-0.4, -0.2) is 26.9 Å². The van der Waals surface area contributed by atoms with Gasteiger partial charge in [0.15, 0.2) is 6.79 Å². The Bertz CT molecular complexity index is 627. The van der Waals surface area contributed by atoms with Gasteiger partial charge in [-0.3, -0.25) is 0 Å². The minimum Gasteiger partial charge on any atom is -0.467 e. The standard InChI is InChI=1S/C13H14ClN3O3/c1-8(18)12-5-17(16-15-12)4-9-2-11(14)3-10-6-19-7-20-13(9)10/h2-3,5,8,18H,4,6-7H2,1H3. The van der Waals surface area contributed by atoms with E-state index >= 15 is 0 Å². The van der Waals surface area contributed by atoms with Crippen molar-refractivity contribution in [2.24, 2.45) is 0 Å². The third-order valence-electron chi connectivity index (χ3n) is 3.07. The average molecular weight is 296 g/mol. The Balaban J connectivity index is 1.91. The van der Waals surface area contributed by atoms with Crippen molar-refractivity contribution in [3.8, 4) is 5.75 Å². The normalized spacial score (nSPS) is 15.6. The highest BCUT2D eigenvalue weighted by molar-refractivity contribution is 6.30. The predicted molar refractivity (Wildman–Crippen MR) is 71.5 cm³/mol. The zero-order valence-electron chi connectivity index (χ0n) is 10.9. The van der Waals surface area contributed by atoms with E-state index in [-0.39, 0.29) is 6.79 Å². The molecule has 1 unspecified atom stereocenters. The van der Waals surface area contributed by atoms with E-state index in [0.29, 0.717) is 23.9 Å². The number of nitrogens with zero attached hydrogens (tertiary/aromatic N) is 3. The molecule has 7 heteroatoms. The fourth-order valence-corrected chi connectivity index (χ4v) is 2.39. The zero-order valence-corrected chi connectivity index (χ0v) is 11.7. The lowest BCUT2D eigenvalue weighted by atomic mass is 10.1. The summed E-state index contributed by atoms with van der Waals surface area (Å²) < 4.78 is 12.4. The van der Waals surface area contributed by atoms with Crippen molar-refractivity contribution in [2.45, 2.75) is 26.2 Å². The summed E-state index contributed by atoms with van der Waals surface area (Å²) in [5.41, 5.74) is 2.37. The van der Waals surface area contributed by atoms with E-state index < -0.39 is 6.10 Å². The zero-order chi connectivity index (χ0) is 14.1. The van der Waals surface area contributed by atoms with Gasteiger partial charge in [-0.1, -0.05) is 16.8 Å². The molecule has 0 bridgehead atoms. The minimum absolute atomic E-state index is 0.234. The van der Waals surface area contributed by atoms with Crippen molar-refractivity contribution in [1.82, 2.24) is 15.0 Å². The first-order valence-corrected chi connectivity index (χ1v) is 6.61. The van der Waals surface area contributed by atoms with Crippen molar-refractivity contribution >= 4 is 11.6 Å². The van der Waals surface area contributed by atoms with Crippen LogP contribution < -0.4 is 4.74 Å². The maximum absolute atomic E-state index is 9.46. The monoisotopic (exact) mass is 295 g/mol. The first kappa shape index (κ1) is 13.4. The van der Waals surface area contributed by atoms with Crippen LogP contribution in [0, 0.1) is 0 Å². The van der Waals surface area contributed by atoms with Gasteiger partial charge < -0.3 is 14.6 Å². The first-order chi connectivity index (χ1) is 9.63. The van der Waals surface area contributed by atoms with Crippen LogP contribution in [0.5, 0.6) is 5.75 Å². The number of hydrogen-bond acceptors (Lipinski definition) is 5. The summed E-state index contributed by atoms with van der Waals surface area (Å²) in [5, 5.41) is 18.0. The van der Waals surface area contributed by atoms with E-state index in [1.165, 1.54) is 0 Å². The molecule has 2 heterocycles. The number of halogens is 1. The second-order valence-corrected chi connectivity index (χ2v) is 5.12. The van der Waals surface area contributed by atoms with Gasteiger partial charge in [-0.05, 0) is 19.1 Å². The third-order valence-corrected chi connectivity index (χ3v) is 3.29. The van der Waals surface area contributed by atoms with Gasteiger partial charge in [0.1, 0.15) is 11.4 Å². The number of aliphatic hydroxyl groups excluding tert-OH is 1. The second kappa shape index (κ2) is 5.40. The molecule has 1 aliphatic rings. The Kier molecular flexibility index (Phi) is 3.60. The molecule has 20 heavy (non-hydrogen) atoms.